The van der Waals surface area contributed by atoms with Gasteiger partial charge in [-0.05, 0) is 66.0 Å². The number of hydrogen-bond acceptors (Lipinski definition) is 4. The van der Waals surface area contributed by atoms with Crippen molar-refractivity contribution in [2.75, 3.05) is 0 Å². The molecule has 0 aromatic heterocycles. The van der Waals surface area contributed by atoms with E-state index in [1.54, 1.807) is 6.08 Å². The SMILES string of the molecule is C[C@]12CCC(=O)C=C1[C@H](N=[N+]=[N-])C(O)[C@@H]1[C@@H]2CC[C@]2(C)C(=O)CC[C@@H]12. The average molecular weight is 343 g/mol. The molecule has 6 nitrogen and oxygen atoms in total. The molecule has 4 aliphatic carbocycles. The zero-order valence-corrected chi connectivity index (χ0v) is 14.8. The number of nitrogens with zero attached hydrogens (tertiary/aromatic N) is 3. The van der Waals surface area contributed by atoms with E-state index >= 15 is 0 Å². The van der Waals surface area contributed by atoms with Gasteiger partial charge in [0, 0.05) is 23.2 Å². The number of azide groups is 1. The molecule has 0 bridgehead atoms. The predicted molar refractivity (Wildman–Crippen MR) is 91.4 cm³/mol. The predicted octanol–water partition coefficient (Wildman–Crippen LogP) is 3.35. The van der Waals surface area contributed by atoms with Gasteiger partial charge in [0.25, 0.3) is 0 Å². The van der Waals surface area contributed by atoms with Gasteiger partial charge in [-0.1, -0.05) is 19.0 Å². The average Bonchev–Trinajstić information content (AvgIpc) is 2.88. The second-order valence-electron chi connectivity index (χ2n) is 8.83. The molecule has 0 amide bonds. The third-order valence-corrected chi connectivity index (χ3v) is 7.94. The summed E-state index contributed by atoms with van der Waals surface area (Å²) in [4.78, 5) is 27.5. The lowest BCUT2D eigenvalue weighted by atomic mass is 9.46. The van der Waals surface area contributed by atoms with Crippen molar-refractivity contribution in [2.24, 2.45) is 33.7 Å². The smallest absolute Gasteiger partial charge is 0.155 e. The Hall–Kier alpha value is -1.65. The van der Waals surface area contributed by atoms with E-state index in [1.807, 2.05) is 0 Å². The summed E-state index contributed by atoms with van der Waals surface area (Å²) < 4.78 is 0. The van der Waals surface area contributed by atoms with E-state index in [2.05, 4.69) is 23.9 Å². The van der Waals surface area contributed by atoms with Crippen molar-refractivity contribution >= 4 is 11.6 Å². The maximum absolute atomic E-state index is 12.5. The van der Waals surface area contributed by atoms with Crippen LogP contribution in [0.1, 0.15) is 52.4 Å². The van der Waals surface area contributed by atoms with Gasteiger partial charge in [-0.25, -0.2) is 0 Å². The Morgan fingerprint density at radius 1 is 1.16 bits per heavy atom. The van der Waals surface area contributed by atoms with E-state index in [0.29, 0.717) is 18.6 Å². The van der Waals surface area contributed by atoms with Crippen LogP contribution in [0.4, 0.5) is 0 Å². The fraction of sp³-hybridized carbons (Fsp3) is 0.789. The molecular weight excluding hydrogens is 318 g/mol. The molecule has 3 fully saturated rings. The molecule has 134 valence electrons. The summed E-state index contributed by atoms with van der Waals surface area (Å²) in [6.45, 7) is 4.21. The first-order valence-electron chi connectivity index (χ1n) is 9.33. The van der Waals surface area contributed by atoms with Gasteiger partial charge in [-0.15, -0.1) is 0 Å². The molecule has 3 saturated carbocycles. The quantitative estimate of drug-likeness (QED) is 0.448. The summed E-state index contributed by atoms with van der Waals surface area (Å²) in [5.41, 5.74) is 9.25. The maximum Gasteiger partial charge on any atom is 0.155 e. The molecule has 0 radical (unpaired) electrons. The highest BCUT2D eigenvalue weighted by Crippen LogP contribution is 2.64. The summed E-state index contributed by atoms with van der Waals surface area (Å²) in [5, 5.41) is 15.1. The number of ketones is 2. The molecule has 0 saturated heterocycles. The first kappa shape index (κ1) is 16.8. The zero-order chi connectivity index (χ0) is 18.0. The van der Waals surface area contributed by atoms with Crippen molar-refractivity contribution in [2.45, 2.75) is 64.5 Å². The van der Waals surface area contributed by atoms with Crippen molar-refractivity contribution in [1.29, 1.82) is 0 Å². The normalized spacial score (nSPS) is 48.8. The molecule has 1 unspecified atom stereocenters. The van der Waals surface area contributed by atoms with E-state index < -0.39 is 12.1 Å². The monoisotopic (exact) mass is 343 g/mol. The van der Waals surface area contributed by atoms with Crippen molar-refractivity contribution in [3.8, 4) is 0 Å². The first-order valence-corrected chi connectivity index (χ1v) is 9.33. The number of aliphatic hydroxyl groups is 1. The second kappa shape index (κ2) is 5.42. The topological polar surface area (TPSA) is 103 Å². The van der Waals surface area contributed by atoms with Gasteiger partial charge in [-0.2, -0.15) is 0 Å². The highest BCUT2D eigenvalue weighted by atomic mass is 16.3. The van der Waals surface area contributed by atoms with Crippen molar-refractivity contribution < 1.29 is 14.7 Å². The summed E-state index contributed by atoms with van der Waals surface area (Å²) in [7, 11) is 0. The largest absolute Gasteiger partial charge is 0.392 e. The Kier molecular flexibility index (Phi) is 3.64. The lowest BCUT2D eigenvalue weighted by Gasteiger charge is -2.59. The summed E-state index contributed by atoms with van der Waals surface area (Å²) in [5.74, 6) is 0.690. The number of rotatable bonds is 1. The summed E-state index contributed by atoms with van der Waals surface area (Å²) in [6.07, 6.45) is 5.17. The number of carbonyl (C=O) groups is 2. The van der Waals surface area contributed by atoms with Crippen LogP contribution in [0, 0.1) is 28.6 Å². The Balaban J connectivity index is 1.84. The zero-order valence-electron chi connectivity index (χ0n) is 14.8. The van der Waals surface area contributed by atoms with Gasteiger partial charge in [-0.3, -0.25) is 9.59 Å². The number of aliphatic hydroxyl groups excluding tert-OH is 1. The number of hydrogen-bond donors (Lipinski definition) is 1. The van der Waals surface area contributed by atoms with E-state index in [4.69, 9.17) is 5.53 Å². The highest BCUT2D eigenvalue weighted by Gasteiger charge is 2.63. The Morgan fingerprint density at radius 2 is 1.88 bits per heavy atom. The van der Waals surface area contributed by atoms with Gasteiger partial charge in [0.05, 0.1) is 12.1 Å². The molecule has 0 aromatic rings. The van der Waals surface area contributed by atoms with Crippen LogP contribution in [-0.2, 0) is 9.59 Å². The van der Waals surface area contributed by atoms with Crippen molar-refractivity contribution in [1.82, 2.24) is 0 Å². The third-order valence-electron chi connectivity index (χ3n) is 7.94. The molecule has 4 aliphatic rings. The fourth-order valence-corrected chi connectivity index (χ4v) is 6.53. The Morgan fingerprint density at radius 3 is 2.60 bits per heavy atom. The fourth-order valence-electron chi connectivity index (χ4n) is 6.53. The van der Waals surface area contributed by atoms with Crippen LogP contribution in [0.5, 0.6) is 0 Å². The lowest BCUT2D eigenvalue weighted by Crippen LogP contribution is -2.59. The van der Waals surface area contributed by atoms with Crippen LogP contribution in [-0.4, -0.2) is 28.8 Å². The van der Waals surface area contributed by atoms with Gasteiger partial charge >= 0.3 is 0 Å². The molecule has 6 heteroatoms. The van der Waals surface area contributed by atoms with Gasteiger partial charge in [0.1, 0.15) is 5.78 Å². The first-order chi connectivity index (χ1) is 11.8. The molecule has 0 aromatic carbocycles. The standard InChI is InChI=1S/C19H25N3O3/c1-18-7-5-10(23)9-13(18)16(21-22-20)17(25)15-11-3-4-14(24)19(11,2)8-6-12(15)18/h9,11-12,15-17,25H,3-8H2,1-2H3/t11-,12-,15-,16-,17?,18+,19-/m0/s1. The maximum atomic E-state index is 12.5. The number of carbonyl (C=O) groups excluding carboxylic acids is 2. The van der Waals surface area contributed by atoms with E-state index in [0.717, 1.165) is 31.3 Å². The van der Waals surface area contributed by atoms with Crippen LogP contribution in [0.15, 0.2) is 16.8 Å². The summed E-state index contributed by atoms with van der Waals surface area (Å²) in [6, 6.07) is -0.696. The minimum Gasteiger partial charge on any atom is -0.392 e. The van der Waals surface area contributed by atoms with E-state index in [1.165, 1.54) is 0 Å². The van der Waals surface area contributed by atoms with Crippen LogP contribution in [0.2, 0.25) is 0 Å². The Labute approximate surface area is 147 Å². The van der Waals surface area contributed by atoms with Gasteiger partial charge < -0.3 is 5.11 Å². The van der Waals surface area contributed by atoms with Crippen LogP contribution in [0.25, 0.3) is 10.4 Å². The number of fused-ring (bicyclic) bond motifs is 5. The second-order valence-corrected chi connectivity index (χ2v) is 8.83. The minimum atomic E-state index is -0.818. The van der Waals surface area contributed by atoms with Crippen LogP contribution >= 0.6 is 0 Å². The van der Waals surface area contributed by atoms with Crippen LogP contribution < -0.4 is 0 Å². The van der Waals surface area contributed by atoms with Crippen LogP contribution in [0.3, 0.4) is 0 Å². The highest BCUT2D eigenvalue weighted by molar-refractivity contribution is 5.92. The molecule has 1 N–H and O–H groups in total. The molecule has 25 heavy (non-hydrogen) atoms. The molecule has 0 aliphatic heterocycles. The van der Waals surface area contributed by atoms with Gasteiger partial charge in [0.15, 0.2) is 5.78 Å². The van der Waals surface area contributed by atoms with Crippen molar-refractivity contribution in [3.63, 3.8) is 0 Å². The number of Topliss-reactive ketones (excluding diaryl/α,β-unsaturated/α-hetero) is 1. The third kappa shape index (κ3) is 2.10. The molecule has 0 spiro atoms. The summed E-state index contributed by atoms with van der Waals surface area (Å²) >= 11 is 0. The van der Waals surface area contributed by atoms with Crippen molar-refractivity contribution in [3.05, 3.63) is 22.1 Å². The molecule has 7 atom stereocenters. The molecule has 4 rings (SSSR count). The lowest BCUT2D eigenvalue weighted by molar-refractivity contribution is -0.140. The van der Waals surface area contributed by atoms with E-state index in [9.17, 15) is 14.7 Å². The van der Waals surface area contributed by atoms with Gasteiger partial charge in [0.2, 0.25) is 0 Å². The van der Waals surface area contributed by atoms with E-state index in [-0.39, 0.29) is 34.4 Å². The Bertz CT molecular complexity index is 725. The molecular formula is C19H25N3O3. The molecule has 0 heterocycles. The minimum absolute atomic E-state index is 0.0453.